The Morgan fingerprint density at radius 3 is 2.58 bits per heavy atom. The van der Waals surface area contributed by atoms with Gasteiger partial charge in [0.05, 0.1) is 44.6 Å². The number of methoxy groups -OCH3 is 3. The fourth-order valence-electron chi connectivity index (χ4n) is 4.30. The van der Waals surface area contributed by atoms with E-state index in [2.05, 4.69) is 5.32 Å². The van der Waals surface area contributed by atoms with Gasteiger partial charge in [0.25, 0.3) is 0 Å². The fraction of sp³-hybridized carbons (Fsp3) is 0.321. The van der Waals surface area contributed by atoms with E-state index < -0.39 is 12.0 Å². The Hall–Kier alpha value is -3.76. The van der Waals surface area contributed by atoms with Gasteiger partial charge in [-0.05, 0) is 36.1 Å². The molecule has 0 aliphatic carbocycles. The molecule has 0 bridgehead atoms. The fourth-order valence-corrected chi connectivity index (χ4v) is 5.26. The number of benzene rings is 2. The molecule has 1 N–H and O–H groups in total. The van der Waals surface area contributed by atoms with Crippen LogP contribution in [0.5, 0.6) is 11.5 Å². The molecule has 0 radical (unpaired) electrons. The number of fused-ring (bicyclic) bond motifs is 1. The summed E-state index contributed by atoms with van der Waals surface area (Å²) in [4.78, 5) is 33.0. The maximum atomic E-state index is 13.6. The molecule has 0 fully saturated rings. The number of aliphatic imine (C=N–C) groups is 1. The van der Waals surface area contributed by atoms with E-state index in [9.17, 15) is 9.59 Å². The first-order valence-electron chi connectivity index (χ1n) is 12.1. The Morgan fingerprint density at radius 2 is 1.87 bits per heavy atom. The van der Waals surface area contributed by atoms with Crippen molar-refractivity contribution < 1.29 is 28.5 Å². The van der Waals surface area contributed by atoms with Gasteiger partial charge in [-0.2, -0.15) is 0 Å². The molecular weight excluding hydrogens is 506 g/mol. The maximum absolute atomic E-state index is 13.6. The lowest BCUT2D eigenvalue weighted by Gasteiger charge is -2.37. The van der Waals surface area contributed by atoms with Crippen LogP contribution < -0.4 is 14.8 Å². The second-order valence-corrected chi connectivity index (χ2v) is 9.42. The normalized spacial score (nSPS) is 16.4. The number of carbonyl (C=O) groups excluding carboxylic acids is 2. The Kier molecular flexibility index (Phi) is 9.09. The highest BCUT2D eigenvalue weighted by Crippen LogP contribution is 2.47. The van der Waals surface area contributed by atoms with Crippen LogP contribution in [0.4, 0.5) is 0 Å². The molecule has 1 amide bonds. The minimum Gasteiger partial charge on any atom is -0.497 e. The number of amides is 1. The SMILES string of the molecule is COCCNC(=O)CC1=CSC2=NC(C)=C(C(=O)OCc3ccccc3)[C@@H](c3cc(OC)ccc3OC)N12. The second kappa shape index (κ2) is 12.7. The van der Waals surface area contributed by atoms with Crippen LogP contribution >= 0.6 is 11.8 Å². The number of allylic oxidation sites excluding steroid dienone is 1. The summed E-state index contributed by atoms with van der Waals surface area (Å²) in [7, 11) is 4.74. The predicted molar refractivity (Wildman–Crippen MR) is 146 cm³/mol. The van der Waals surface area contributed by atoms with Crippen LogP contribution in [0.3, 0.4) is 0 Å². The monoisotopic (exact) mass is 537 g/mol. The molecule has 38 heavy (non-hydrogen) atoms. The topological polar surface area (TPSA) is 98.7 Å². The van der Waals surface area contributed by atoms with Crippen molar-refractivity contribution in [2.24, 2.45) is 4.99 Å². The zero-order chi connectivity index (χ0) is 27.1. The number of carbonyl (C=O) groups is 2. The highest BCUT2D eigenvalue weighted by Gasteiger charge is 2.42. The Morgan fingerprint density at radius 1 is 1.08 bits per heavy atom. The molecule has 0 unspecified atom stereocenters. The number of nitrogens with one attached hydrogen (secondary N) is 1. The number of hydrogen-bond acceptors (Lipinski definition) is 9. The predicted octanol–water partition coefficient (Wildman–Crippen LogP) is 4.17. The molecule has 10 heteroatoms. The number of thioether (sulfide) groups is 1. The molecule has 0 spiro atoms. The summed E-state index contributed by atoms with van der Waals surface area (Å²) < 4.78 is 22.0. The average molecular weight is 538 g/mol. The molecule has 0 saturated heterocycles. The first kappa shape index (κ1) is 27.3. The minimum absolute atomic E-state index is 0.101. The van der Waals surface area contributed by atoms with Crippen molar-refractivity contribution in [3.8, 4) is 11.5 Å². The van der Waals surface area contributed by atoms with E-state index in [-0.39, 0.29) is 18.9 Å². The molecule has 0 aromatic heterocycles. The molecule has 9 nitrogen and oxygen atoms in total. The average Bonchev–Trinajstić information content (AvgIpc) is 3.32. The molecule has 2 heterocycles. The van der Waals surface area contributed by atoms with Crippen molar-refractivity contribution in [2.75, 3.05) is 34.5 Å². The third-order valence-corrected chi connectivity index (χ3v) is 7.02. The molecule has 2 aliphatic heterocycles. The van der Waals surface area contributed by atoms with Crippen molar-refractivity contribution in [3.05, 3.63) is 82.0 Å². The summed E-state index contributed by atoms with van der Waals surface area (Å²) in [5.41, 5.74) is 3.18. The first-order valence-corrected chi connectivity index (χ1v) is 13.0. The van der Waals surface area contributed by atoms with Crippen LogP contribution in [0.15, 0.2) is 75.9 Å². The van der Waals surface area contributed by atoms with E-state index in [1.54, 1.807) is 40.4 Å². The minimum atomic E-state index is -0.649. The van der Waals surface area contributed by atoms with Gasteiger partial charge in [0.2, 0.25) is 5.91 Å². The van der Waals surface area contributed by atoms with Gasteiger partial charge >= 0.3 is 5.97 Å². The number of amidine groups is 1. The molecule has 0 saturated carbocycles. The molecule has 2 aromatic rings. The van der Waals surface area contributed by atoms with Gasteiger partial charge in [0.1, 0.15) is 18.1 Å². The lowest BCUT2D eigenvalue weighted by molar-refractivity contribution is -0.141. The summed E-state index contributed by atoms with van der Waals surface area (Å²) in [6, 6.07) is 14.3. The third kappa shape index (κ3) is 6.03. The van der Waals surface area contributed by atoms with E-state index in [1.807, 2.05) is 46.7 Å². The van der Waals surface area contributed by atoms with Crippen LogP contribution in [0, 0.1) is 0 Å². The van der Waals surface area contributed by atoms with E-state index in [0.29, 0.717) is 52.3 Å². The van der Waals surface area contributed by atoms with Crippen LogP contribution in [0.2, 0.25) is 0 Å². The lowest BCUT2D eigenvalue weighted by Crippen LogP contribution is -2.38. The molecule has 1 atom stereocenters. The summed E-state index contributed by atoms with van der Waals surface area (Å²) >= 11 is 1.41. The zero-order valence-corrected chi connectivity index (χ0v) is 22.7. The largest absolute Gasteiger partial charge is 0.497 e. The van der Waals surface area contributed by atoms with E-state index in [1.165, 1.54) is 11.8 Å². The number of nitrogens with zero attached hydrogens (tertiary/aromatic N) is 2. The quantitative estimate of drug-likeness (QED) is 0.337. The summed E-state index contributed by atoms with van der Waals surface area (Å²) in [5.74, 6) is 0.518. The Bertz CT molecular complexity index is 1270. The zero-order valence-electron chi connectivity index (χ0n) is 21.9. The van der Waals surface area contributed by atoms with Crippen molar-refractivity contribution >= 4 is 28.8 Å². The molecule has 4 rings (SSSR count). The van der Waals surface area contributed by atoms with Crippen LogP contribution in [-0.2, 0) is 25.7 Å². The van der Waals surface area contributed by atoms with Crippen molar-refractivity contribution in [1.29, 1.82) is 0 Å². The second-order valence-electron chi connectivity index (χ2n) is 8.58. The van der Waals surface area contributed by atoms with E-state index in [0.717, 1.165) is 5.56 Å². The van der Waals surface area contributed by atoms with Crippen molar-refractivity contribution in [1.82, 2.24) is 10.2 Å². The molecule has 2 aliphatic rings. The molecular formula is C28H31N3O6S. The van der Waals surface area contributed by atoms with Crippen LogP contribution in [0.1, 0.15) is 30.5 Å². The number of ether oxygens (including phenoxy) is 4. The number of hydrogen-bond donors (Lipinski definition) is 1. The van der Waals surface area contributed by atoms with Gasteiger partial charge in [-0.3, -0.25) is 4.79 Å². The Labute approximate surface area is 226 Å². The smallest absolute Gasteiger partial charge is 0.338 e. The third-order valence-electron chi connectivity index (χ3n) is 6.13. The summed E-state index contributed by atoms with van der Waals surface area (Å²) in [5, 5.41) is 5.41. The first-order chi connectivity index (χ1) is 18.5. The standard InChI is InChI=1S/C28H31N3O6S/c1-18-25(27(33)37-16-19-8-6-5-7-9-19)26(22-15-21(35-3)10-11-23(22)36-4)31-20(17-38-28(31)30-18)14-24(32)29-12-13-34-2/h5-11,15,17,26H,12-14,16H2,1-4H3,(H,29,32)/t26-/m1/s1. The van der Waals surface area contributed by atoms with E-state index in [4.69, 9.17) is 23.9 Å². The van der Waals surface area contributed by atoms with Gasteiger partial charge in [-0.1, -0.05) is 42.1 Å². The van der Waals surface area contributed by atoms with E-state index >= 15 is 0 Å². The highest BCUT2D eigenvalue weighted by atomic mass is 32.2. The summed E-state index contributed by atoms with van der Waals surface area (Å²) in [6.45, 7) is 2.73. The van der Waals surface area contributed by atoms with Gasteiger partial charge < -0.3 is 29.2 Å². The Balaban J connectivity index is 1.72. The highest BCUT2D eigenvalue weighted by molar-refractivity contribution is 8.16. The summed E-state index contributed by atoms with van der Waals surface area (Å²) in [6.07, 6.45) is 0.101. The van der Waals surface area contributed by atoms with Gasteiger partial charge in [-0.15, -0.1) is 0 Å². The lowest BCUT2D eigenvalue weighted by atomic mass is 9.92. The maximum Gasteiger partial charge on any atom is 0.338 e. The van der Waals surface area contributed by atoms with Crippen molar-refractivity contribution in [2.45, 2.75) is 26.0 Å². The molecule has 200 valence electrons. The van der Waals surface area contributed by atoms with Gasteiger partial charge in [0.15, 0.2) is 5.17 Å². The molecule has 2 aromatic carbocycles. The van der Waals surface area contributed by atoms with Gasteiger partial charge in [0, 0.05) is 24.9 Å². The van der Waals surface area contributed by atoms with Gasteiger partial charge in [-0.25, -0.2) is 9.79 Å². The number of rotatable bonds is 11. The number of esters is 1. The van der Waals surface area contributed by atoms with Crippen LogP contribution in [-0.4, -0.2) is 56.4 Å². The van der Waals surface area contributed by atoms with Crippen molar-refractivity contribution in [3.63, 3.8) is 0 Å². The van der Waals surface area contributed by atoms with Crippen LogP contribution in [0.25, 0.3) is 0 Å².